The largest absolute Gasteiger partial charge is 0.444 e. The lowest BCUT2D eigenvalue weighted by Crippen LogP contribution is -2.48. The Balaban J connectivity index is 1.64. The maximum atomic E-state index is 13.7. The smallest absolute Gasteiger partial charge is 0.411 e. The summed E-state index contributed by atoms with van der Waals surface area (Å²) in [6.45, 7) is 11.1. The van der Waals surface area contributed by atoms with Gasteiger partial charge in [0, 0.05) is 0 Å². The van der Waals surface area contributed by atoms with Gasteiger partial charge in [0.25, 0.3) is 0 Å². The highest BCUT2D eigenvalue weighted by atomic mass is 16.6. The Bertz CT molecular complexity index is 1180. The van der Waals surface area contributed by atoms with Crippen molar-refractivity contribution >= 4 is 6.09 Å². The molecule has 0 radical (unpaired) electrons. The maximum absolute atomic E-state index is 13.7. The standard InChI is InChI=1S/C34H41NO5/c1-5-15-29-31(38-23-27-18-11-7-12-19-27)32(39-24-28-20-13-8-14-21-28)30(35(29)33(36)40-34(2,3)4)25-37-22-26-16-9-6-10-17-26/h5-14,16-21,29-32H,1,15,22-25H2,2-4H3. The van der Waals surface area contributed by atoms with E-state index in [1.807, 2.05) is 118 Å². The molecule has 40 heavy (non-hydrogen) atoms. The van der Waals surface area contributed by atoms with Crippen LogP contribution in [0.15, 0.2) is 104 Å². The van der Waals surface area contributed by atoms with Gasteiger partial charge in [0.2, 0.25) is 0 Å². The van der Waals surface area contributed by atoms with Crippen LogP contribution >= 0.6 is 0 Å². The Hall–Kier alpha value is -3.45. The normalized spacial score (nSPS) is 20.8. The second-order valence-electron chi connectivity index (χ2n) is 11.1. The molecule has 0 aliphatic carbocycles. The lowest BCUT2D eigenvalue weighted by Gasteiger charge is -2.33. The summed E-state index contributed by atoms with van der Waals surface area (Å²) in [6.07, 6.45) is 1.07. The summed E-state index contributed by atoms with van der Waals surface area (Å²) in [7, 11) is 0. The molecule has 0 spiro atoms. The average Bonchev–Trinajstić information content (AvgIpc) is 3.23. The molecule has 1 amide bonds. The molecule has 1 saturated heterocycles. The van der Waals surface area contributed by atoms with E-state index >= 15 is 0 Å². The van der Waals surface area contributed by atoms with E-state index in [9.17, 15) is 4.79 Å². The van der Waals surface area contributed by atoms with Gasteiger partial charge in [-0.2, -0.15) is 0 Å². The van der Waals surface area contributed by atoms with Crippen molar-refractivity contribution in [2.24, 2.45) is 0 Å². The first-order chi connectivity index (χ1) is 19.4. The zero-order valence-corrected chi connectivity index (χ0v) is 23.8. The molecule has 4 rings (SSSR count). The van der Waals surface area contributed by atoms with Gasteiger partial charge in [0.15, 0.2) is 0 Å². The van der Waals surface area contributed by atoms with Gasteiger partial charge in [-0.3, -0.25) is 4.90 Å². The van der Waals surface area contributed by atoms with Crippen molar-refractivity contribution in [3.05, 3.63) is 120 Å². The molecule has 1 aliphatic heterocycles. The third-order valence-corrected chi connectivity index (χ3v) is 6.78. The number of likely N-dealkylation sites (tertiary alicyclic amines) is 1. The topological polar surface area (TPSA) is 57.2 Å². The summed E-state index contributed by atoms with van der Waals surface area (Å²) in [5.74, 6) is 0. The van der Waals surface area contributed by atoms with Crippen molar-refractivity contribution in [3.8, 4) is 0 Å². The van der Waals surface area contributed by atoms with Crippen LogP contribution in [0.3, 0.4) is 0 Å². The fourth-order valence-electron chi connectivity index (χ4n) is 5.00. The minimum atomic E-state index is -0.658. The molecule has 3 aromatic carbocycles. The molecule has 1 aliphatic rings. The van der Waals surface area contributed by atoms with Crippen molar-refractivity contribution in [1.82, 2.24) is 4.90 Å². The molecule has 0 N–H and O–H groups in total. The van der Waals surface area contributed by atoms with Crippen molar-refractivity contribution in [2.45, 2.75) is 76.9 Å². The molecule has 4 unspecified atom stereocenters. The molecule has 4 atom stereocenters. The third-order valence-electron chi connectivity index (χ3n) is 6.78. The number of benzene rings is 3. The Morgan fingerprint density at radius 1 is 0.750 bits per heavy atom. The van der Waals surface area contributed by atoms with Crippen molar-refractivity contribution in [3.63, 3.8) is 0 Å². The van der Waals surface area contributed by atoms with E-state index in [1.165, 1.54) is 0 Å². The lowest BCUT2D eigenvalue weighted by atomic mass is 10.0. The van der Waals surface area contributed by atoms with Gasteiger partial charge < -0.3 is 18.9 Å². The Morgan fingerprint density at radius 3 is 1.65 bits per heavy atom. The zero-order chi connectivity index (χ0) is 28.4. The molecule has 1 heterocycles. The van der Waals surface area contributed by atoms with Crippen LogP contribution < -0.4 is 0 Å². The first-order valence-corrected chi connectivity index (χ1v) is 13.9. The summed E-state index contributed by atoms with van der Waals surface area (Å²) < 4.78 is 25.3. The second-order valence-corrected chi connectivity index (χ2v) is 11.1. The molecule has 3 aromatic rings. The van der Waals surface area contributed by atoms with Crippen LogP contribution in [0.1, 0.15) is 43.9 Å². The summed E-state index contributed by atoms with van der Waals surface area (Å²) in [6, 6.07) is 29.3. The van der Waals surface area contributed by atoms with E-state index in [0.29, 0.717) is 26.2 Å². The predicted octanol–water partition coefficient (Wildman–Crippen LogP) is 6.94. The minimum absolute atomic E-state index is 0.270. The minimum Gasteiger partial charge on any atom is -0.444 e. The highest BCUT2D eigenvalue weighted by molar-refractivity contribution is 5.70. The SMILES string of the molecule is C=CCC1C(OCc2ccccc2)C(OCc2ccccc2)C(COCc2ccccc2)N1C(=O)OC(C)(C)C. The molecule has 0 saturated carbocycles. The Morgan fingerprint density at radius 2 is 1.20 bits per heavy atom. The number of carbonyl (C=O) groups excluding carboxylic acids is 1. The first-order valence-electron chi connectivity index (χ1n) is 13.9. The van der Waals surface area contributed by atoms with Crippen LogP contribution in [0.2, 0.25) is 0 Å². The molecule has 6 nitrogen and oxygen atoms in total. The summed E-state index contributed by atoms with van der Waals surface area (Å²) >= 11 is 0. The van der Waals surface area contributed by atoms with Crippen LogP contribution in [0.5, 0.6) is 0 Å². The van der Waals surface area contributed by atoms with E-state index < -0.39 is 29.9 Å². The van der Waals surface area contributed by atoms with E-state index in [-0.39, 0.29) is 12.6 Å². The zero-order valence-electron chi connectivity index (χ0n) is 23.8. The molecule has 6 heteroatoms. The molecule has 1 fully saturated rings. The summed E-state index contributed by atoms with van der Waals surface area (Å²) in [5.41, 5.74) is 2.50. The molecular weight excluding hydrogens is 502 g/mol. The van der Waals surface area contributed by atoms with Crippen LogP contribution in [-0.2, 0) is 38.8 Å². The van der Waals surface area contributed by atoms with Gasteiger partial charge in [-0.1, -0.05) is 97.1 Å². The van der Waals surface area contributed by atoms with Crippen molar-refractivity contribution < 1.29 is 23.7 Å². The molecule has 212 valence electrons. The van der Waals surface area contributed by atoms with Gasteiger partial charge in [-0.15, -0.1) is 6.58 Å². The fourth-order valence-corrected chi connectivity index (χ4v) is 5.00. The van der Waals surface area contributed by atoms with Crippen LogP contribution in [0.4, 0.5) is 4.79 Å². The van der Waals surface area contributed by atoms with Crippen LogP contribution in [0.25, 0.3) is 0 Å². The number of hydrogen-bond donors (Lipinski definition) is 0. The quantitative estimate of drug-likeness (QED) is 0.232. The average molecular weight is 544 g/mol. The third kappa shape index (κ3) is 8.28. The van der Waals surface area contributed by atoms with Gasteiger partial charge in [-0.05, 0) is 43.9 Å². The highest BCUT2D eigenvalue weighted by Gasteiger charge is 2.53. The van der Waals surface area contributed by atoms with E-state index in [2.05, 4.69) is 6.58 Å². The Labute approximate surface area is 238 Å². The molecular formula is C34H41NO5. The van der Waals surface area contributed by atoms with E-state index in [4.69, 9.17) is 18.9 Å². The number of rotatable bonds is 12. The van der Waals surface area contributed by atoms with Crippen LogP contribution in [-0.4, -0.2) is 47.5 Å². The number of ether oxygens (including phenoxy) is 4. The van der Waals surface area contributed by atoms with Crippen molar-refractivity contribution in [1.29, 1.82) is 0 Å². The van der Waals surface area contributed by atoms with Gasteiger partial charge in [0.05, 0.1) is 38.5 Å². The first kappa shape index (κ1) is 29.5. The molecule has 0 aromatic heterocycles. The number of amides is 1. The van der Waals surface area contributed by atoms with E-state index in [0.717, 1.165) is 16.7 Å². The lowest BCUT2D eigenvalue weighted by molar-refractivity contribution is -0.0863. The summed E-state index contributed by atoms with van der Waals surface area (Å²) in [5, 5.41) is 0. The highest BCUT2D eigenvalue weighted by Crippen LogP contribution is 2.35. The number of carbonyl (C=O) groups is 1. The fraction of sp³-hybridized carbons (Fsp3) is 0.382. The van der Waals surface area contributed by atoms with Gasteiger partial charge >= 0.3 is 6.09 Å². The van der Waals surface area contributed by atoms with Gasteiger partial charge in [0.1, 0.15) is 17.8 Å². The number of nitrogens with zero attached hydrogens (tertiary/aromatic N) is 1. The molecule has 0 bridgehead atoms. The predicted molar refractivity (Wildman–Crippen MR) is 157 cm³/mol. The Kier molecular flexibility index (Phi) is 10.5. The number of hydrogen-bond acceptors (Lipinski definition) is 5. The van der Waals surface area contributed by atoms with E-state index in [1.54, 1.807) is 4.90 Å². The van der Waals surface area contributed by atoms with Gasteiger partial charge in [-0.25, -0.2) is 4.79 Å². The second kappa shape index (κ2) is 14.3. The van der Waals surface area contributed by atoms with Crippen molar-refractivity contribution in [2.75, 3.05) is 6.61 Å². The summed E-state index contributed by atoms with van der Waals surface area (Å²) in [4.78, 5) is 15.5. The van der Waals surface area contributed by atoms with Crippen LogP contribution in [0, 0.1) is 0 Å². The monoisotopic (exact) mass is 543 g/mol. The maximum Gasteiger partial charge on any atom is 0.411 e.